The minimum atomic E-state index is -4.41. The molecule has 1 rings (SSSR count). The Hall–Kier alpha value is -1.65. The number of alkyl halides is 3. The Morgan fingerprint density at radius 3 is 1.80 bits per heavy atom. The normalized spacial score (nSPS) is 11.5. The van der Waals surface area contributed by atoms with Gasteiger partial charge >= 0.3 is 6.18 Å². The highest BCUT2D eigenvalue weighted by Crippen LogP contribution is 2.29. The molecule has 0 aromatic heterocycles. The van der Waals surface area contributed by atoms with E-state index in [1.807, 2.05) is 0 Å². The zero-order chi connectivity index (χ0) is 11.5. The number of carbonyl (C=O) groups excluding carboxylic acids is 2. The lowest BCUT2D eigenvalue weighted by Gasteiger charge is -2.08. The fraction of sp³-hybridized carbons (Fsp3) is 0.200. The number of benzene rings is 1. The van der Waals surface area contributed by atoms with Crippen molar-refractivity contribution in [2.24, 2.45) is 0 Å². The molecule has 1 aromatic carbocycles. The van der Waals surface area contributed by atoms with E-state index < -0.39 is 17.7 Å². The summed E-state index contributed by atoms with van der Waals surface area (Å²) in [6, 6.07) is 3.93. The van der Waals surface area contributed by atoms with Crippen LogP contribution in [0, 0.1) is 0 Å². The van der Waals surface area contributed by atoms with Gasteiger partial charge in [-0.05, 0) is 17.7 Å². The van der Waals surface area contributed by atoms with Crippen molar-refractivity contribution in [3.63, 3.8) is 0 Å². The average molecular weight is 216 g/mol. The third kappa shape index (κ3) is 2.65. The standard InChI is InChI=1S/C10H7F3O2/c11-10(12,13)9-3-1-7(2-4-9)8(5-14)6-15/h1-6,8H. The highest BCUT2D eigenvalue weighted by molar-refractivity contribution is 5.84. The second-order valence-corrected chi connectivity index (χ2v) is 2.92. The van der Waals surface area contributed by atoms with Crippen molar-refractivity contribution in [3.05, 3.63) is 35.4 Å². The highest BCUT2D eigenvalue weighted by Gasteiger charge is 2.30. The van der Waals surface area contributed by atoms with Crippen LogP contribution in [-0.4, -0.2) is 12.6 Å². The summed E-state index contributed by atoms with van der Waals surface area (Å²) in [5.74, 6) is -0.993. The van der Waals surface area contributed by atoms with Crippen molar-refractivity contribution < 1.29 is 22.8 Å². The van der Waals surface area contributed by atoms with Gasteiger partial charge in [-0.15, -0.1) is 0 Å². The molecule has 0 N–H and O–H groups in total. The van der Waals surface area contributed by atoms with E-state index in [4.69, 9.17) is 0 Å². The van der Waals surface area contributed by atoms with Crippen LogP contribution >= 0.6 is 0 Å². The molecule has 2 nitrogen and oxygen atoms in total. The Bertz CT molecular complexity index is 346. The van der Waals surface area contributed by atoms with Gasteiger partial charge in [-0.25, -0.2) is 0 Å². The largest absolute Gasteiger partial charge is 0.416 e. The number of carbonyl (C=O) groups is 2. The Labute approximate surface area is 83.7 Å². The molecule has 0 atom stereocenters. The first-order valence-electron chi connectivity index (χ1n) is 4.07. The first-order chi connectivity index (χ1) is 6.99. The van der Waals surface area contributed by atoms with Crippen LogP contribution in [0.15, 0.2) is 24.3 Å². The second-order valence-electron chi connectivity index (χ2n) is 2.92. The monoisotopic (exact) mass is 216 g/mol. The maximum Gasteiger partial charge on any atom is 0.416 e. The number of hydrogen-bond donors (Lipinski definition) is 0. The zero-order valence-electron chi connectivity index (χ0n) is 7.49. The summed E-state index contributed by atoms with van der Waals surface area (Å²) in [6.45, 7) is 0. The van der Waals surface area contributed by atoms with Gasteiger partial charge < -0.3 is 9.59 Å². The summed E-state index contributed by atoms with van der Waals surface area (Å²) < 4.78 is 36.4. The molecule has 0 saturated heterocycles. The van der Waals surface area contributed by atoms with Crippen molar-refractivity contribution in [3.8, 4) is 0 Å². The Morgan fingerprint density at radius 2 is 1.47 bits per heavy atom. The van der Waals surface area contributed by atoms with Gasteiger partial charge in [-0.2, -0.15) is 13.2 Å². The van der Waals surface area contributed by atoms with Crippen LogP contribution in [0.1, 0.15) is 17.0 Å². The van der Waals surface area contributed by atoms with E-state index in [1.165, 1.54) is 0 Å². The van der Waals surface area contributed by atoms with Crippen LogP contribution in [0.4, 0.5) is 13.2 Å². The van der Waals surface area contributed by atoms with Gasteiger partial charge in [0.25, 0.3) is 0 Å². The maximum atomic E-state index is 12.1. The van der Waals surface area contributed by atoms with E-state index in [-0.39, 0.29) is 5.56 Å². The van der Waals surface area contributed by atoms with E-state index in [9.17, 15) is 22.8 Å². The van der Waals surface area contributed by atoms with Crippen LogP contribution in [0.5, 0.6) is 0 Å². The molecule has 0 heterocycles. The number of aldehydes is 2. The van der Waals surface area contributed by atoms with Gasteiger partial charge in [-0.1, -0.05) is 12.1 Å². The molecule has 0 radical (unpaired) electrons. The molecule has 80 valence electrons. The lowest BCUT2D eigenvalue weighted by atomic mass is 10.0. The first kappa shape index (κ1) is 11.4. The summed E-state index contributed by atoms with van der Waals surface area (Å²) in [6.07, 6.45) is -3.64. The molecule has 0 fully saturated rings. The van der Waals surface area contributed by atoms with E-state index in [1.54, 1.807) is 0 Å². The minimum Gasteiger partial charge on any atom is -0.302 e. The molecule has 1 aromatic rings. The van der Waals surface area contributed by atoms with Crippen molar-refractivity contribution in [2.75, 3.05) is 0 Å². The van der Waals surface area contributed by atoms with Gasteiger partial charge in [0.2, 0.25) is 0 Å². The zero-order valence-corrected chi connectivity index (χ0v) is 7.49. The lowest BCUT2D eigenvalue weighted by molar-refractivity contribution is -0.137. The molecule has 0 bridgehead atoms. The fourth-order valence-corrected chi connectivity index (χ4v) is 1.08. The number of hydrogen-bond acceptors (Lipinski definition) is 2. The van der Waals surface area contributed by atoms with Crippen LogP contribution in [0.3, 0.4) is 0 Å². The molecule has 0 amide bonds. The molecule has 0 aliphatic rings. The van der Waals surface area contributed by atoms with Crippen molar-refractivity contribution in [1.82, 2.24) is 0 Å². The van der Waals surface area contributed by atoms with E-state index in [0.717, 1.165) is 24.3 Å². The lowest BCUT2D eigenvalue weighted by Crippen LogP contribution is -2.06. The summed E-state index contributed by atoms with van der Waals surface area (Å²) in [5, 5.41) is 0. The third-order valence-corrected chi connectivity index (χ3v) is 1.92. The molecular formula is C10H7F3O2. The molecule has 15 heavy (non-hydrogen) atoms. The van der Waals surface area contributed by atoms with E-state index >= 15 is 0 Å². The van der Waals surface area contributed by atoms with Crippen LogP contribution < -0.4 is 0 Å². The molecule has 0 unspecified atom stereocenters. The van der Waals surface area contributed by atoms with Crippen LogP contribution in [-0.2, 0) is 15.8 Å². The minimum absolute atomic E-state index is 0.257. The summed E-state index contributed by atoms with van der Waals surface area (Å²) in [5.41, 5.74) is -0.546. The molecular weight excluding hydrogens is 209 g/mol. The van der Waals surface area contributed by atoms with Crippen molar-refractivity contribution in [2.45, 2.75) is 12.1 Å². The Morgan fingerprint density at radius 1 is 1.00 bits per heavy atom. The van der Waals surface area contributed by atoms with E-state index in [0.29, 0.717) is 12.6 Å². The summed E-state index contributed by atoms with van der Waals surface area (Å²) in [4.78, 5) is 20.7. The quantitative estimate of drug-likeness (QED) is 0.573. The van der Waals surface area contributed by atoms with Gasteiger partial charge in [0.05, 0.1) is 11.5 Å². The number of rotatable bonds is 3. The second kappa shape index (κ2) is 4.25. The van der Waals surface area contributed by atoms with Gasteiger partial charge in [0.15, 0.2) is 0 Å². The van der Waals surface area contributed by atoms with Crippen molar-refractivity contribution >= 4 is 12.6 Å². The fourth-order valence-electron chi connectivity index (χ4n) is 1.08. The molecule has 0 aliphatic heterocycles. The Balaban J connectivity index is 2.99. The highest BCUT2D eigenvalue weighted by atomic mass is 19.4. The van der Waals surface area contributed by atoms with Gasteiger partial charge in [-0.3, -0.25) is 0 Å². The summed E-state index contributed by atoms with van der Waals surface area (Å²) >= 11 is 0. The molecule has 0 saturated carbocycles. The first-order valence-corrected chi connectivity index (χ1v) is 4.07. The van der Waals surface area contributed by atoms with Crippen molar-refractivity contribution in [1.29, 1.82) is 0 Å². The van der Waals surface area contributed by atoms with E-state index in [2.05, 4.69) is 0 Å². The smallest absolute Gasteiger partial charge is 0.302 e. The van der Waals surface area contributed by atoms with Gasteiger partial charge in [0.1, 0.15) is 12.6 Å². The molecule has 0 spiro atoms. The summed E-state index contributed by atoms with van der Waals surface area (Å²) in [7, 11) is 0. The third-order valence-electron chi connectivity index (χ3n) is 1.92. The molecule has 5 heteroatoms. The topological polar surface area (TPSA) is 34.1 Å². The number of halogens is 3. The maximum absolute atomic E-state index is 12.1. The van der Waals surface area contributed by atoms with Crippen LogP contribution in [0.25, 0.3) is 0 Å². The predicted octanol–water partition coefficient (Wildman–Crippen LogP) is 2.19. The SMILES string of the molecule is O=CC(C=O)c1ccc(C(F)(F)F)cc1. The molecule has 0 aliphatic carbocycles. The average Bonchev–Trinajstić information content (AvgIpc) is 2.19. The van der Waals surface area contributed by atoms with Gasteiger partial charge in [0, 0.05) is 0 Å². The predicted molar refractivity (Wildman–Crippen MR) is 46.3 cm³/mol. The van der Waals surface area contributed by atoms with Crippen LogP contribution in [0.2, 0.25) is 0 Å². The Kier molecular flexibility index (Phi) is 3.24.